The molecule has 24 heavy (non-hydrogen) atoms. The van der Waals surface area contributed by atoms with E-state index in [1.165, 1.54) is 23.5 Å². The van der Waals surface area contributed by atoms with Gasteiger partial charge in [-0.1, -0.05) is 0 Å². The van der Waals surface area contributed by atoms with Gasteiger partial charge in [-0.3, -0.25) is 9.36 Å². The normalized spacial score (nSPS) is 13.6. The molecule has 0 bridgehead atoms. The first-order chi connectivity index (χ1) is 11.6. The van der Waals surface area contributed by atoms with Crippen LogP contribution in [0.3, 0.4) is 0 Å². The van der Waals surface area contributed by atoms with Crippen LogP contribution >= 0.6 is 22.9 Å². The van der Waals surface area contributed by atoms with Gasteiger partial charge in [0.05, 0.1) is 35.1 Å². The number of halogens is 2. The van der Waals surface area contributed by atoms with Gasteiger partial charge in [0.25, 0.3) is 5.91 Å². The summed E-state index contributed by atoms with van der Waals surface area (Å²) in [7, 11) is 1.69. The Kier molecular flexibility index (Phi) is 3.62. The Morgan fingerprint density at radius 3 is 3.00 bits per heavy atom. The summed E-state index contributed by atoms with van der Waals surface area (Å²) in [5, 5.41) is 2.65. The summed E-state index contributed by atoms with van der Waals surface area (Å²) in [5.74, 6) is -0.321. The zero-order chi connectivity index (χ0) is 16.8. The smallest absolute Gasteiger partial charge is 0.256 e. The third kappa shape index (κ3) is 2.32. The zero-order valence-corrected chi connectivity index (χ0v) is 14.2. The number of imidazole rings is 1. The molecule has 3 aromatic rings. The third-order valence-corrected chi connectivity index (χ3v) is 5.11. The highest BCUT2D eigenvalue weighted by molar-refractivity contribution is 7.13. The number of carbonyl (C=O) groups is 1. The number of rotatable bonds is 2. The van der Waals surface area contributed by atoms with E-state index in [1.54, 1.807) is 24.3 Å². The van der Waals surface area contributed by atoms with Crippen molar-refractivity contribution in [2.45, 2.75) is 12.4 Å². The van der Waals surface area contributed by atoms with Gasteiger partial charge in [0, 0.05) is 12.4 Å². The van der Waals surface area contributed by atoms with Crippen LogP contribution in [0.15, 0.2) is 29.9 Å². The van der Waals surface area contributed by atoms with E-state index in [0.29, 0.717) is 29.4 Å². The van der Waals surface area contributed by atoms with Crippen LogP contribution in [-0.2, 0) is 12.4 Å². The quantitative estimate of drug-likeness (QED) is 0.656. The Bertz CT molecular complexity index is 951. The standard InChI is InChI=1S/C16H12ClFN4OS/c1-21-6-13-14(15-20-10(5-17)7-24-15)19-8-22(13)12-3-2-9(18)4-11(12)16(21)23/h2-4,7-8H,5-6H2,1H3. The van der Waals surface area contributed by atoms with Gasteiger partial charge in [0.1, 0.15) is 22.8 Å². The largest absolute Gasteiger partial charge is 0.336 e. The Morgan fingerprint density at radius 2 is 2.25 bits per heavy atom. The molecule has 0 saturated heterocycles. The van der Waals surface area contributed by atoms with Crippen LogP contribution in [0.5, 0.6) is 0 Å². The summed E-state index contributed by atoms with van der Waals surface area (Å²) in [6.45, 7) is 0.361. The number of amides is 1. The summed E-state index contributed by atoms with van der Waals surface area (Å²) in [4.78, 5) is 23.0. The minimum Gasteiger partial charge on any atom is -0.336 e. The Labute approximate surface area is 146 Å². The zero-order valence-electron chi connectivity index (χ0n) is 12.7. The second-order valence-electron chi connectivity index (χ2n) is 5.51. The number of hydrogen-bond donors (Lipinski definition) is 0. The van der Waals surface area contributed by atoms with Crippen molar-refractivity contribution in [3.8, 4) is 16.4 Å². The van der Waals surface area contributed by atoms with E-state index in [0.717, 1.165) is 16.4 Å². The van der Waals surface area contributed by atoms with E-state index in [4.69, 9.17) is 11.6 Å². The number of thiazole rings is 1. The summed E-state index contributed by atoms with van der Waals surface area (Å²) < 4.78 is 15.4. The van der Waals surface area contributed by atoms with Gasteiger partial charge in [-0.15, -0.1) is 22.9 Å². The van der Waals surface area contributed by atoms with Gasteiger partial charge < -0.3 is 4.90 Å². The number of hydrogen-bond acceptors (Lipinski definition) is 4. The molecule has 3 heterocycles. The number of alkyl halides is 1. The van der Waals surface area contributed by atoms with Crippen molar-refractivity contribution in [1.29, 1.82) is 0 Å². The molecule has 0 saturated carbocycles. The molecule has 2 aromatic heterocycles. The average Bonchev–Trinajstić information content (AvgIpc) is 3.18. The van der Waals surface area contributed by atoms with Crippen molar-refractivity contribution >= 4 is 28.8 Å². The van der Waals surface area contributed by atoms with Crippen LogP contribution in [-0.4, -0.2) is 32.4 Å². The van der Waals surface area contributed by atoms with Crippen molar-refractivity contribution in [2.24, 2.45) is 0 Å². The first-order valence-electron chi connectivity index (χ1n) is 7.21. The molecule has 8 heteroatoms. The van der Waals surface area contributed by atoms with Crippen LogP contribution in [0.1, 0.15) is 21.7 Å². The van der Waals surface area contributed by atoms with Crippen LogP contribution in [0.2, 0.25) is 0 Å². The highest BCUT2D eigenvalue weighted by Crippen LogP contribution is 2.32. The molecule has 1 aromatic carbocycles. The summed E-state index contributed by atoms with van der Waals surface area (Å²) in [5.41, 5.74) is 3.29. The molecule has 1 aliphatic rings. The molecular weight excluding hydrogens is 351 g/mol. The summed E-state index contributed by atoms with van der Waals surface area (Å²) in [6.07, 6.45) is 1.65. The van der Waals surface area contributed by atoms with E-state index >= 15 is 0 Å². The van der Waals surface area contributed by atoms with Crippen molar-refractivity contribution in [3.63, 3.8) is 0 Å². The fourth-order valence-electron chi connectivity index (χ4n) is 2.78. The van der Waals surface area contributed by atoms with Crippen molar-refractivity contribution in [1.82, 2.24) is 19.4 Å². The molecular formula is C16H12ClFN4OS. The molecule has 1 amide bonds. The van der Waals surface area contributed by atoms with E-state index in [-0.39, 0.29) is 5.91 Å². The number of carbonyl (C=O) groups excluding carboxylic acids is 1. The van der Waals surface area contributed by atoms with Gasteiger partial charge in [-0.2, -0.15) is 0 Å². The lowest BCUT2D eigenvalue weighted by atomic mass is 10.1. The fourth-order valence-corrected chi connectivity index (χ4v) is 3.84. The second-order valence-corrected chi connectivity index (χ2v) is 6.64. The fraction of sp³-hybridized carbons (Fsp3) is 0.188. The van der Waals surface area contributed by atoms with Crippen LogP contribution < -0.4 is 0 Å². The van der Waals surface area contributed by atoms with E-state index in [9.17, 15) is 9.18 Å². The minimum absolute atomic E-state index is 0.222. The van der Waals surface area contributed by atoms with Gasteiger partial charge in [0.15, 0.2) is 0 Å². The molecule has 0 atom stereocenters. The molecule has 0 fully saturated rings. The van der Waals surface area contributed by atoms with E-state index < -0.39 is 5.82 Å². The van der Waals surface area contributed by atoms with Crippen molar-refractivity contribution in [2.75, 3.05) is 7.05 Å². The number of aromatic nitrogens is 3. The number of nitrogens with zero attached hydrogens (tertiary/aromatic N) is 4. The van der Waals surface area contributed by atoms with Gasteiger partial charge >= 0.3 is 0 Å². The highest BCUT2D eigenvalue weighted by atomic mass is 35.5. The van der Waals surface area contributed by atoms with Crippen LogP contribution in [0, 0.1) is 5.82 Å². The lowest BCUT2D eigenvalue weighted by Gasteiger charge is -2.14. The molecule has 1 aliphatic heterocycles. The SMILES string of the molecule is CN1Cc2c(-c3nc(CCl)cs3)ncn2-c2ccc(F)cc2C1=O. The highest BCUT2D eigenvalue weighted by Gasteiger charge is 2.27. The molecule has 5 nitrogen and oxygen atoms in total. The molecule has 0 N–H and O–H groups in total. The maximum Gasteiger partial charge on any atom is 0.256 e. The predicted octanol–water partition coefficient (Wildman–Crippen LogP) is 3.46. The maximum atomic E-state index is 13.6. The first kappa shape index (κ1) is 15.3. The van der Waals surface area contributed by atoms with Crippen LogP contribution in [0.25, 0.3) is 16.4 Å². The topological polar surface area (TPSA) is 51.0 Å². The Morgan fingerprint density at radius 1 is 1.42 bits per heavy atom. The van der Waals surface area contributed by atoms with E-state index in [1.807, 2.05) is 9.95 Å². The monoisotopic (exact) mass is 362 g/mol. The first-order valence-corrected chi connectivity index (χ1v) is 8.62. The number of benzene rings is 1. The second kappa shape index (κ2) is 5.68. The summed E-state index contributed by atoms with van der Waals surface area (Å²) >= 11 is 7.29. The van der Waals surface area contributed by atoms with E-state index in [2.05, 4.69) is 9.97 Å². The van der Waals surface area contributed by atoms with Crippen molar-refractivity contribution < 1.29 is 9.18 Å². The van der Waals surface area contributed by atoms with Crippen molar-refractivity contribution in [3.05, 3.63) is 52.7 Å². The van der Waals surface area contributed by atoms with Gasteiger partial charge in [-0.05, 0) is 18.2 Å². The number of fused-ring (bicyclic) bond motifs is 3. The molecule has 4 rings (SSSR count). The predicted molar refractivity (Wildman–Crippen MR) is 90.0 cm³/mol. The third-order valence-electron chi connectivity index (χ3n) is 3.94. The summed E-state index contributed by atoms with van der Waals surface area (Å²) in [6, 6.07) is 4.20. The lowest BCUT2D eigenvalue weighted by molar-refractivity contribution is 0.0787. The maximum absolute atomic E-state index is 13.6. The van der Waals surface area contributed by atoms with Gasteiger partial charge in [-0.25, -0.2) is 14.4 Å². The molecule has 122 valence electrons. The molecule has 0 aliphatic carbocycles. The average molecular weight is 363 g/mol. The van der Waals surface area contributed by atoms with Crippen LogP contribution in [0.4, 0.5) is 4.39 Å². The molecule has 0 unspecified atom stereocenters. The molecule has 0 radical (unpaired) electrons. The molecule has 0 spiro atoms. The lowest BCUT2D eigenvalue weighted by Crippen LogP contribution is -2.25. The van der Waals surface area contributed by atoms with Gasteiger partial charge in [0.2, 0.25) is 0 Å². The Hall–Kier alpha value is -2.25. The Balaban J connectivity index is 1.92. The minimum atomic E-state index is -0.439.